The average molecular weight is 317 g/mol. The molecule has 0 aromatic carbocycles. The zero-order valence-electron chi connectivity index (χ0n) is 12.5. The number of rotatable bonds is 7. The number of aliphatic hydroxyl groups is 1. The molecule has 22 heavy (non-hydrogen) atoms. The second-order valence-electron chi connectivity index (χ2n) is 5.00. The van der Waals surface area contributed by atoms with Gasteiger partial charge in [-0.25, -0.2) is 9.67 Å². The first kappa shape index (κ1) is 14.9. The average Bonchev–Trinajstić information content (AvgIpc) is 3.24. The summed E-state index contributed by atoms with van der Waals surface area (Å²) >= 11 is 1.70. The summed E-state index contributed by atoms with van der Waals surface area (Å²) in [6.45, 7) is 2.60. The Morgan fingerprint density at radius 1 is 1.36 bits per heavy atom. The number of thiophene rings is 1. The second kappa shape index (κ2) is 6.85. The molecule has 0 saturated carbocycles. The van der Waals surface area contributed by atoms with Crippen LogP contribution in [0.3, 0.4) is 0 Å². The lowest BCUT2D eigenvalue weighted by molar-refractivity contribution is 0.263. The number of aromatic nitrogens is 5. The molecule has 3 rings (SSSR count). The lowest BCUT2D eigenvalue weighted by Gasteiger charge is -2.15. The summed E-state index contributed by atoms with van der Waals surface area (Å²) in [5, 5.41) is 20.2. The summed E-state index contributed by atoms with van der Waals surface area (Å²) in [5.41, 5.74) is 0. The molecule has 0 aliphatic heterocycles. The van der Waals surface area contributed by atoms with Crippen molar-refractivity contribution in [1.29, 1.82) is 0 Å². The van der Waals surface area contributed by atoms with E-state index in [-0.39, 0.29) is 12.6 Å². The van der Waals surface area contributed by atoms with Crippen LogP contribution >= 0.6 is 11.3 Å². The summed E-state index contributed by atoms with van der Waals surface area (Å²) in [4.78, 5) is 5.95. The molecule has 0 amide bonds. The summed E-state index contributed by atoms with van der Waals surface area (Å²) in [6, 6.07) is 6.06. The Labute approximate surface area is 133 Å². The van der Waals surface area contributed by atoms with Crippen molar-refractivity contribution in [3.63, 3.8) is 0 Å². The molecule has 0 spiro atoms. The Morgan fingerprint density at radius 2 is 2.27 bits per heavy atom. The fourth-order valence-electron chi connectivity index (χ4n) is 2.51. The minimum Gasteiger partial charge on any atom is -0.394 e. The van der Waals surface area contributed by atoms with E-state index in [1.54, 1.807) is 22.2 Å². The van der Waals surface area contributed by atoms with Crippen LogP contribution in [0.15, 0.2) is 36.0 Å². The molecule has 6 nitrogen and oxygen atoms in total. The Morgan fingerprint density at radius 3 is 2.91 bits per heavy atom. The molecule has 0 fully saturated rings. The molecule has 3 aromatic heterocycles. The van der Waals surface area contributed by atoms with Crippen LogP contribution in [0.4, 0.5) is 0 Å². The molecular weight excluding hydrogens is 298 g/mol. The maximum Gasteiger partial charge on any atom is 0.156 e. The van der Waals surface area contributed by atoms with Crippen molar-refractivity contribution in [2.45, 2.75) is 32.4 Å². The van der Waals surface area contributed by atoms with Crippen LogP contribution in [0.5, 0.6) is 0 Å². The van der Waals surface area contributed by atoms with E-state index in [9.17, 15) is 5.11 Å². The first-order valence-electron chi connectivity index (χ1n) is 7.37. The van der Waals surface area contributed by atoms with Crippen molar-refractivity contribution in [3.8, 4) is 0 Å². The maximum absolute atomic E-state index is 9.29. The molecule has 1 N–H and O–H groups in total. The number of hydrogen-bond acceptors (Lipinski definition) is 5. The molecule has 0 unspecified atom stereocenters. The fraction of sp³-hybridized carbons (Fsp3) is 0.400. The van der Waals surface area contributed by atoms with Crippen molar-refractivity contribution in [2.75, 3.05) is 6.61 Å². The van der Waals surface area contributed by atoms with E-state index in [1.807, 2.05) is 23.0 Å². The van der Waals surface area contributed by atoms with Crippen molar-refractivity contribution < 1.29 is 5.11 Å². The van der Waals surface area contributed by atoms with Crippen LogP contribution in [0.1, 0.15) is 35.9 Å². The van der Waals surface area contributed by atoms with Gasteiger partial charge in [0.1, 0.15) is 6.04 Å². The number of hydrogen-bond donors (Lipinski definition) is 1. The minimum atomic E-state index is 0.0335. The van der Waals surface area contributed by atoms with Gasteiger partial charge in [-0.15, -0.1) is 11.3 Å². The van der Waals surface area contributed by atoms with Gasteiger partial charge in [-0.3, -0.25) is 4.68 Å². The number of aliphatic hydroxyl groups excluding tert-OH is 1. The Balaban J connectivity index is 1.92. The van der Waals surface area contributed by atoms with E-state index in [0.29, 0.717) is 6.54 Å². The van der Waals surface area contributed by atoms with Crippen molar-refractivity contribution >= 4 is 11.3 Å². The second-order valence-corrected chi connectivity index (χ2v) is 6.03. The zero-order valence-corrected chi connectivity index (χ0v) is 13.3. The summed E-state index contributed by atoms with van der Waals surface area (Å²) in [6.07, 6.45) is 5.29. The molecule has 3 aromatic rings. The van der Waals surface area contributed by atoms with E-state index in [4.69, 9.17) is 4.98 Å². The third-order valence-electron chi connectivity index (χ3n) is 3.50. The fourth-order valence-corrected chi connectivity index (χ4v) is 3.21. The smallest absolute Gasteiger partial charge is 0.156 e. The monoisotopic (exact) mass is 317 g/mol. The highest BCUT2D eigenvalue weighted by atomic mass is 32.1. The highest BCUT2D eigenvalue weighted by Gasteiger charge is 2.20. The Bertz CT molecular complexity index is 690. The van der Waals surface area contributed by atoms with Crippen molar-refractivity contribution in [1.82, 2.24) is 24.5 Å². The Kier molecular flexibility index (Phi) is 4.65. The van der Waals surface area contributed by atoms with Gasteiger partial charge in [-0.05, 0) is 23.9 Å². The first-order valence-corrected chi connectivity index (χ1v) is 8.25. The molecule has 0 bridgehead atoms. The normalized spacial score (nSPS) is 12.6. The molecule has 0 aliphatic carbocycles. The molecule has 0 radical (unpaired) electrons. The van der Waals surface area contributed by atoms with Gasteiger partial charge in [0.2, 0.25) is 0 Å². The zero-order chi connectivity index (χ0) is 15.4. The lowest BCUT2D eigenvalue weighted by Crippen LogP contribution is -2.18. The molecule has 3 heterocycles. The highest BCUT2D eigenvalue weighted by Crippen LogP contribution is 2.21. The molecule has 0 aliphatic rings. The van der Waals surface area contributed by atoms with Gasteiger partial charge in [0, 0.05) is 23.7 Å². The van der Waals surface area contributed by atoms with E-state index in [1.165, 1.54) is 4.88 Å². The predicted octanol–water partition coefficient (Wildman–Crippen LogP) is 2.12. The molecular formula is C15H19N5OS. The van der Waals surface area contributed by atoms with E-state index < -0.39 is 0 Å². The highest BCUT2D eigenvalue weighted by molar-refractivity contribution is 7.09. The van der Waals surface area contributed by atoms with Gasteiger partial charge in [-0.2, -0.15) is 10.2 Å². The number of nitrogens with zero attached hydrogens (tertiary/aromatic N) is 5. The molecule has 116 valence electrons. The van der Waals surface area contributed by atoms with Gasteiger partial charge in [-0.1, -0.05) is 13.0 Å². The largest absolute Gasteiger partial charge is 0.394 e. The van der Waals surface area contributed by atoms with Gasteiger partial charge >= 0.3 is 0 Å². The summed E-state index contributed by atoms with van der Waals surface area (Å²) < 4.78 is 3.70. The van der Waals surface area contributed by atoms with Crippen LogP contribution < -0.4 is 0 Å². The molecule has 0 saturated heterocycles. The van der Waals surface area contributed by atoms with Crippen molar-refractivity contribution in [2.24, 2.45) is 0 Å². The minimum absolute atomic E-state index is 0.0335. The van der Waals surface area contributed by atoms with Gasteiger partial charge in [0.05, 0.1) is 13.2 Å². The van der Waals surface area contributed by atoms with Crippen LogP contribution in [0, 0.1) is 0 Å². The van der Waals surface area contributed by atoms with Crippen LogP contribution in [-0.2, 0) is 13.0 Å². The van der Waals surface area contributed by atoms with E-state index in [0.717, 1.165) is 24.5 Å². The third kappa shape index (κ3) is 3.10. The van der Waals surface area contributed by atoms with Crippen LogP contribution in [0.25, 0.3) is 0 Å². The van der Waals surface area contributed by atoms with E-state index >= 15 is 0 Å². The van der Waals surface area contributed by atoms with Gasteiger partial charge < -0.3 is 5.11 Å². The maximum atomic E-state index is 9.29. The lowest BCUT2D eigenvalue weighted by atomic mass is 10.2. The Hall–Kier alpha value is -1.99. The van der Waals surface area contributed by atoms with Crippen LogP contribution in [0.2, 0.25) is 0 Å². The first-order chi connectivity index (χ1) is 10.8. The van der Waals surface area contributed by atoms with Crippen molar-refractivity contribution in [3.05, 3.63) is 52.5 Å². The third-order valence-corrected chi connectivity index (χ3v) is 4.37. The quantitative estimate of drug-likeness (QED) is 0.725. The summed E-state index contributed by atoms with van der Waals surface area (Å²) in [5.74, 6) is 1.64. The molecule has 1 atom stereocenters. The summed E-state index contributed by atoms with van der Waals surface area (Å²) in [7, 11) is 0. The standard InChI is InChI=1S/C15H19N5OS/c1-2-13(19-7-4-6-16-19)15-17-14(18-20(15)8-9-21)11-12-5-3-10-22-12/h3-7,10,13,21H,2,8-9,11H2,1H3/t13-/m1/s1. The van der Waals surface area contributed by atoms with E-state index in [2.05, 4.69) is 28.6 Å². The topological polar surface area (TPSA) is 68.8 Å². The van der Waals surface area contributed by atoms with Gasteiger partial charge in [0.25, 0.3) is 0 Å². The van der Waals surface area contributed by atoms with Gasteiger partial charge in [0.15, 0.2) is 11.6 Å². The SMILES string of the molecule is CC[C@H](c1nc(Cc2cccs2)nn1CCO)n1cccn1. The van der Waals surface area contributed by atoms with Crippen LogP contribution in [-0.4, -0.2) is 36.3 Å². The molecule has 7 heteroatoms. The predicted molar refractivity (Wildman–Crippen MR) is 84.9 cm³/mol.